The van der Waals surface area contributed by atoms with E-state index in [-0.39, 0.29) is 0 Å². The van der Waals surface area contributed by atoms with E-state index in [1.807, 2.05) is 0 Å². The van der Waals surface area contributed by atoms with Crippen LogP contribution in [0.15, 0.2) is 46.9 Å². The fraction of sp³-hybridized carbons (Fsp3) is 0.294. The van der Waals surface area contributed by atoms with Gasteiger partial charge in [0.25, 0.3) is 0 Å². The Morgan fingerprint density at radius 3 is 2.37 bits per heavy atom. The summed E-state index contributed by atoms with van der Waals surface area (Å²) >= 11 is 3.49. The number of halogens is 1. The lowest BCUT2D eigenvalue weighted by Gasteiger charge is -2.14. The van der Waals surface area contributed by atoms with Crippen molar-refractivity contribution in [1.82, 2.24) is 5.32 Å². The molecular weight excluding hydrogens is 298 g/mol. The minimum atomic E-state index is 0.499. The first kappa shape index (κ1) is 14.3. The van der Waals surface area contributed by atoms with E-state index in [1.54, 1.807) is 0 Å². The van der Waals surface area contributed by atoms with Crippen LogP contribution in [0.5, 0.6) is 0 Å². The van der Waals surface area contributed by atoms with Crippen LogP contribution < -0.4 is 5.32 Å². The minimum Gasteiger partial charge on any atom is -0.310 e. The Morgan fingerprint density at radius 2 is 1.74 bits per heavy atom. The topological polar surface area (TPSA) is 12.0 Å². The second kappa shape index (κ2) is 6.36. The highest BCUT2D eigenvalue weighted by Gasteiger charge is 2.06. The first-order chi connectivity index (χ1) is 9.06. The van der Waals surface area contributed by atoms with Gasteiger partial charge in [0.1, 0.15) is 0 Å². The molecule has 0 saturated heterocycles. The zero-order chi connectivity index (χ0) is 13.8. The normalized spacial score (nSPS) is 11.0. The highest BCUT2D eigenvalue weighted by Crippen LogP contribution is 2.26. The Morgan fingerprint density at radius 1 is 1.05 bits per heavy atom. The van der Waals surface area contributed by atoms with E-state index >= 15 is 0 Å². The van der Waals surface area contributed by atoms with Crippen LogP contribution in [0.2, 0.25) is 0 Å². The largest absolute Gasteiger partial charge is 0.310 e. The minimum absolute atomic E-state index is 0.499. The highest BCUT2D eigenvalue weighted by atomic mass is 79.9. The predicted molar refractivity (Wildman–Crippen MR) is 86.3 cm³/mol. The van der Waals surface area contributed by atoms with Crippen molar-refractivity contribution in [1.29, 1.82) is 0 Å². The molecule has 0 fully saturated rings. The summed E-state index contributed by atoms with van der Waals surface area (Å²) in [4.78, 5) is 0. The molecular formula is C17H20BrN. The molecule has 2 aromatic rings. The van der Waals surface area contributed by atoms with Crippen molar-refractivity contribution in [3.63, 3.8) is 0 Å². The van der Waals surface area contributed by atoms with Gasteiger partial charge in [-0.05, 0) is 35.7 Å². The molecule has 19 heavy (non-hydrogen) atoms. The summed E-state index contributed by atoms with van der Waals surface area (Å²) < 4.78 is 1.12. The van der Waals surface area contributed by atoms with Gasteiger partial charge in [0, 0.05) is 17.1 Å². The number of rotatable bonds is 4. The molecule has 2 rings (SSSR count). The maximum absolute atomic E-state index is 3.49. The molecule has 0 saturated carbocycles. The van der Waals surface area contributed by atoms with E-state index in [4.69, 9.17) is 0 Å². The average molecular weight is 318 g/mol. The summed E-state index contributed by atoms with van der Waals surface area (Å²) in [6, 6.07) is 15.7. The number of aryl methyl sites for hydroxylation is 1. The second-order valence-corrected chi connectivity index (χ2v) is 6.12. The van der Waals surface area contributed by atoms with Gasteiger partial charge in [0.2, 0.25) is 0 Å². The Kier molecular flexibility index (Phi) is 4.78. The third-order valence-corrected chi connectivity index (χ3v) is 3.65. The van der Waals surface area contributed by atoms with Gasteiger partial charge in [-0.25, -0.2) is 0 Å². The molecule has 0 aliphatic heterocycles. The van der Waals surface area contributed by atoms with Crippen LogP contribution in [0.3, 0.4) is 0 Å². The van der Waals surface area contributed by atoms with Crippen molar-refractivity contribution in [3.8, 4) is 11.1 Å². The lowest BCUT2D eigenvalue weighted by Crippen LogP contribution is -2.22. The predicted octanol–water partition coefficient (Wildman–Crippen LogP) is 4.92. The van der Waals surface area contributed by atoms with E-state index in [0.717, 1.165) is 11.0 Å². The number of hydrogen-bond acceptors (Lipinski definition) is 1. The average Bonchev–Trinajstić information content (AvgIpc) is 2.38. The van der Waals surface area contributed by atoms with Crippen molar-refractivity contribution >= 4 is 15.9 Å². The van der Waals surface area contributed by atoms with Crippen LogP contribution in [0.4, 0.5) is 0 Å². The van der Waals surface area contributed by atoms with Crippen LogP contribution in [0, 0.1) is 6.92 Å². The van der Waals surface area contributed by atoms with Crippen molar-refractivity contribution in [2.75, 3.05) is 0 Å². The molecule has 2 aromatic carbocycles. The van der Waals surface area contributed by atoms with Gasteiger partial charge in [-0.15, -0.1) is 0 Å². The smallest absolute Gasteiger partial charge is 0.0214 e. The zero-order valence-corrected chi connectivity index (χ0v) is 13.3. The summed E-state index contributed by atoms with van der Waals surface area (Å²) in [5, 5.41) is 3.49. The van der Waals surface area contributed by atoms with Gasteiger partial charge in [-0.1, -0.05) is 65.7 Å². The molecule has 0 unspecified atom stereocenters. The molecule has 0 heterocycles. The van der Waals surface area contributed by atoms with E-state index in [0.29, 0.717) is 6.04 Å². The van der Waals surface area contributed by atoms with Crippen LogP contribution in [-0.2, 0) is 6.54 Å². The first-order valence-electron chi connectivity index (χ1n) is 6.65. The van der Waals surface area contributed by atoms with E-state index in [2.05, 4.69) is 84.5 Å². The summed E-state index contributed by atoms with van der Waals surface area (Å²) in [5.74, 6) is 0. The molecule has 0 aliphatic carbocycles. The highest BCUT2D eigenvalue weighted by molar-refractivity contribution is 9.10. The first-order valence-corrected chi connectivity index (χ1v) is 7.44. The summed E-state index contributed by atoms with van der Waals surface area (Å²) in [5.41, 5.74) is 5.24. The lowest BCUT2D eigenvalue weighted by atomic mass is 9.97. The third kappa shape index (κ3) is 3.92. The Labute approximate surface area is 124 Å². The Balaban J connectivity index is 2.36. The number of hydrogen-bond donors (Lipinski definition) is 1. The quantitative estimate of drug-likeness (QED) is 0.843. The molecule has 0 amide bonds. The van der Waals surface area contributed by atoms with Crippen LogP contribution in [0.1, 0.15) is 25.0 Å². The van der Waals surface area contributed by atoms with Gasteiger partial charge in [-0.3, -0.25) is 0 Å². The van der Waals surface area contributed by atoms with E-state index in [1.165, 1.54) is 22.3 Å². The lowest BCUT2D eigenvalue weighted by molar-refractivity contribution is 0.589. The maximum Gasteiger partial charge on any atom is 0.0214 e. The van der Waals surface area contributed by atoms with Crippen molar-refractivity contribution < 1.29 is 0 Å². The summed E-state index contributed by atoms with van der Waals surface area (Å²) in [6.45, 7) is 7.40. The second-order valence-electron chi connectivity index (χ2n) is 5.20. The molecule has 0 aliphatic rings. The van der Waals surface area contributed by atoms with Crippen molar-refractivity contribution in [2.45, 2.75) is 33.4 Å². The molecule has 0 aromatic heterocycles. The number of benzene rings is 2. The summed E-state index contributed by atoms with van der Waals surface area (Å²) in [6.07, 6.45) is 0. The van der Waals surface area contributed by atoms with Gasteiger partial charge < -0.3 is 5.32 Å². The fourth-order valence-electron chi connectivity index (χ4n) is 2.06. The van der Waals surface area contributed by atoms with E-state index < -0.39 is 0 Å². The van der Waals surface area contributed by atoms with E-state index in [9.17, 15) is 0 Å². The monoisotopic (exact) mass is 317 g/mol. The van der Waals surface area contributed by atoms with Crippen LogP contribution in [0.25, 0.3) is 11.1 Å². The van der Waals surface area contributed by atoms with Crippen molar-refractivity contribution in [2.24, 2.45) is 0 Å². The standard InChI is InChI=1S/C17H20BrN/c1-12(2)19-11-15-5-4-13(3)10-17(15)14-6-8-16(18)9-7-14/h4-10,12,19H,11H2,1-3H3. The van der Waals surface area contributed by atoms with Gasteiger partial charge in [0.05, 0.1) is 0 Å². The van der Waals surface area contributed by atoms with Crippen LogP contribution in [-0.4, -0.2) is 6.04 Å². The van der Waals surface area contributed by atoms with Gasteiger partial charge in [-0.2, -0.15) is 0 Å². The molecule has 0 bridgehead atoms. The molecule has 2 heteroatoms. The fourth-order valence-corrected chi connectivity index (χ4v) is 2.32. The Bertz CT molecular complexity index is 544. The zero-order valence-electron chi connectivity index (χ0n) is 11.7. The Hall–Kier alpha value is -1.12. The molecule has 100 valence electrons. The van der Waals surface area contributed by atoms with Gasteiger partial charge in [0.15, 0.2) is 0 Å². The van der Waals surface area contributed by atoms with Crippen molar-refractivity contribution in [3.05, 3.63) is 58.1 Å². The third-order valence-electron chi connectivity index (χ3n) is 3.12. The molecule has 1 nitrogen and oxygen atoms in total. The molecule has 1 N–H and O–H groups in total. The molecule has 0 spiro atoms. The van der Waals surface area contributed by atoms with Gasteiger partial charge >= 0.3 is 0 Å². The molecule has 0 radical (unpaired) electrons. The molecule has 0 atom stereocenters. The SMILES string of the molecule is Cc1ccc(CNC(C)C)c(-c2ccc(Br)cc2)c1. The van der Waals surface area contributed by atoms with Crippen LogP contribution >= 0.6 is 15.9 Å². The number of nitrogens with one attached hydrogen (secondary N) is 1. The maximum atomic E-state index is 3.49. The summed E-state index contributed by atoms with van der Waals surface area (Å²) in [7, 11) is 0.